The number of hydrogen-bond donors (Lipinski definition) is 2. The van der Waals surface area contributed by atoms with Gasteiger partial charge in [0.1, 0.15) is 5.00 Å². The Balaban J connectivity index is 1.54. The number of fused-ring (bicyclic) bond motifs is 1. The molecule has 2 heterocycles. The fourth-order valence-electron chi connectivity index (χ4n) is 4.49. The monoisotopic (exact) mass is 475 g/mol. The number of amides is 2. The lowest BCUT2D eigenvalue weighted by molar-refractivity contribution is 0.0963. The lowest BCUT2D eigenvalue weighted by Gasteiger charge is -2.30. The van der Waals surface area contributed by atoms with Gasteiger partial charge in [0, 0.05) is 30.6 Å². The third kappa shape index (κ3) is 4.46. The summed E-state index contributed by atoms with van der Waals surface area (Å²) < 4.78 is 27.4. The van der Waals surface area contributed by atoms with E-state index in [9.17, 15) is 18.0 Å². The van der Waals surface area contributed by atoms with E-state index in [0.29, 0.717) is 35.1 Å². The van der Waals surface area contributed by atoms with Crippen LogP contribution in [0, 0.1) is 5.92 Å². The van der Waals surface area contributed by atoms with E-state index in [0.717, 1.165) is 49.0 Å². The van der Waals surface area contributed by atoms with Crippen molar-refractivity contribution in [2.75, 3.05) is 25.5 Å². The maximum atomic E-state index is 13.0. The summed E-state index contributed by atoms with van der Waals surface area (Å²) in [6.45, 7) is 3.11. The number of sulfonamides is 1. The Kier molecular flexibility index (Phi) is 6.69. The van der Waals surface area contributed by atoms with Crippen LogP contribution in [0.1, 0.15) is 63.8 Å². The summed E-state index contributed by atoms with van der Waals surface area (Å²) in [7, 11) is -1.98. The van der Waals surface area contributed by atoms with Crippen LogP contribution < -0.4 is 10.6 Å². The van der Waals surface area contributed by atoms with Crippen molar-refractivity contribution < 1.29 is 18.0 Å². The molecule has 0 bridgehead atoms. The van der Waals surface area contributed by atoms with Crippen molar-refractivity contribution in [1.29, 1.82) is 0 Å². The predicted molar refractivity (Wildman–Crippen MR) is 126 cm³/mol. The second-order valence-corrected chi connectivity index (χ2v) is 11.6. The van der Waals surface area contributed by atoms with Crippen molar-refractivity contribution in [2.24, 2.45) is 5.92 Å². The predicted octanol–water partition coefficient (Wildman–Crippen LogP) is 3.66. The largest absolute Gasteiger partial charge is 0.355 e. The molecule has 2 N–H and O–H groups in total. The molecule has 1 aromatic carbocycles. The van der Waals surface area contributed by atoms with Crippen molar-refractivity contribution in [2.45, 2.75) is 50.3 Å². The number of hydrogen-bond acceptors (Lipinski definition) is 5. The number of nitrogens with zero attached hydrogens (tertiary/aromatic N) is 1. The first-order valence-electron chi connectivity index (χ1n) is 11.1. The van der Waals surface area contributed by atoms with Gasteiger partial charge in [0.2, 0.25) is 10.0 Å². The number of carbonyl (C=O) groups excluding carboxylic acids is 2. The molecule has 32 heavy (non-hydrogen) atoms. The molecule has 0 radical (unpaired) electrons. The van der Waals surface area contributed by atoms with Crippen molar-refractivity contribution >= 4 is 38.2 Å². The average Bonchev–Trinajstić information content (AvgIpc) is 3.16. The number of thiophene rings is 1. The molecule has 2 aliphatic rings. The minimum atomic E-state index is -3.57. The summed E-state index contributed by atoms with van der Waals surface area (Å²) in [4.78, 5) is 26.7. The van der Waals surface area contributed by atoms with E-state index in [1.165, 1.54) is 39.9 Å². The van der Waals surface area contributed by atoms with Gasteiger partial charge in [-0.3, -0.25) is 9.59 Å². The third-order valence-corrected chi connectivity index (χ3v) is 9.31. The highest BCUT2D eigenvalue weighted by molar-refractivity contribution is 7.89. The van der Waals surface area contributed by atoms with Crippen LogP contribution in [0.5, 0.6) is 0 Å². The number of benzene rings is 1. The Morgan fingerprint density at radius 3 is 2.47 bits per heavy atom. The molecule has 1 aliphatic carbocycles. The summed E-state index contributed by atoms with van der Waals surface area (Å²) in [6.07, 6.45) is 5.77. The van der Waals surface area contributed by atoms with Gasteiger partial charge in [-0.1, -0.05) is 6.92 Å². The lowest BCUT2D eigenvalue weighted by atomic mass is 9.95. The topological polar surface area (TPSA) is 95.6 Å². The molecule has 9 heteroatoms. The molecule has 2 amide bonds. The van der Waals surface area contributed by atoms with Crippen molar-refractivity contribution in [3.63, 3.8) is 0 Å². The van der Waals surface area contributed by atoms with E-state index < -0.39 is 10.0 Å². The van der Waals surface area contributed by atoms with Crippen LogP contribution in [-0.2, 0) is 22.9 Å². The van der Waals surface area contributed by atoms with E-state index >= 15 is 0 Å². The van der Waals surface area contributed by atoms with E-state index in [1.807, 2.05) is 0 Å². The Morgan fingerprint density at radius 1 is 1.06 bits per heavy atom. The van der Waals surface area contributed by atoms with Crippen LogP contribution in [0.2, 0.25) is 0 Å². The van der Waals surface area contributed by atoms with Crippen LogP contribution in [0.3, 0.4) is 0 Å². The maximum Gasteiger partial charge on any atom is 0.256 e. The Labute approximate surface area is 193 Å². The van der Waals surface area contributed by atoms with E-state index in [4.69, 9.17) is 0 Å². The van der Waals surface area contributed by atoms with E-state index in [2.05, 4.69) is 17.6 Å². The average molecular weight is 476 g/mol. The second-order valence-electron chi connectivity index (χ2n) is 8.58. The van der Waals surface area contributed by atoms with Gasteiger partial charge in [-0.25, -0.2) is 8.42 Å². The first kappa shape index (κ1) is 22.9. The molecular formula is C23H29N3O4S2. The zero-order valence-corrected chi connectivity index (χ0v) is 20.1. The number of anilines is 1. The van der Waals surface area contributed by atoms with Gasteiger partial charge in [-0.15, -0.1) is 11.3 Å². The van der Waals surface area contributed by atoms with Crippen LogP contribution >= 0.6 is 11.3 Å². The first-order chi connectivity index (χ1) is 15.3. The molecule has 1 unspecified atom stereocenters. The van der Waals surface area contributed by atoms with Crippen LogP contribution in [0.25, 0.3) is 0 Å². The molecule has 7 nitrogen and oxygen atoms in total. The van der Waals surface area contributed by atoms with Gasteiger partial charge in [0.25, 0.3) is 11.8 Å². The van der Waals surface area contributed by atoms with Crippen LogP contribution in [0.4, 0.5) is 5.00 Å². The Hall–Kier alpha value is -2.23. The summed E-state index contributed by atoms with van der Waals surface area (Å²) >= 11 is 1.46. The lowest BCUT2D eigenvalue weighted by Crippen LogP contribution is -2.39. The van der Waals surface area contributed by atoms with Gasteiger partial charge >= 0.3 is 0 Å². The van der Waals surface area contributed by atoms with Crippen LogP contribution in [-0.4, -0.2) is 44.7 Å². The van der Waals surface area contributed by atoms with Gasteiger partial charge in [-0.2, -0.15) is 4.31 Å². The number of rotatable bonds is 5. The quantitative estimate of drug-likeness (QED) is 0.690. The summed E-state index contributed by atoms with van der Waals surface area (Å²) in [6, 6.07) is 6.04. The van der Waals surface area contributed by atoms with Crippen molar-refractivity contribution in [3.8, 4) is 0 Å². The Morgan fingerprint density at radius 2 is 1.78 bits per heavy atom. The molecule has 0 spiro atoms. The molecule has 1 saturated heterocycles. The smallest absolute Gasteiger partial charge is 0.256 e. The molecule has 0 saturated carbocycles. The normalized spacial score (nSPS) is 19.2. The van der Waals surface area contributed by atoms with Gasteiger partial charge in [0.15, 0.2) is 0 Å². The molecule has 1 atom stereocenters. The summed E-state index contributed by atoms with van der Waals surface area (Å²) in [5, 5.41) is 6.12. The fourth-order valence-corrected chi connectivity index (χ4v) is 7.37. The number of piperidine rings is 1. The molecular weight excluding hydrogens is 446 g/mol. The van der Waals surface area contributed by atoms with Crippen molar-refractivity contribution in [3.05, 3.63) is 45.8 Å². The summed E-state index contributed by atoms with van der Waals surface area (Å²) in [5.41, 5.74) is 1.94. The second kappa shape index (κ2) is 9.33. The first-order valence-corrected chi connectivity index (χ1v) is 13.3. The minimum absolute atomic E-state index is 0.195. The van der Waals surface area contributed by atoms with Crippen molar-refractivity contribution in [1.82, 2.24) is 9.62 Å². The zero-order chi connectivity index (χ0) is 22.9. The Bertz CT molecular complexity index is 1120. The highest BCUT2D eigenvalue weighted by atomic mass is 32.2. The number of carbonyl (C=O) groups is 2. The summed E-state index contributed by atoms with van der Waals surface area (Å²) in [5.74, 6) is -0.212. The minimum Gasteiger partial charge on any atom is -0.355 e. The molecule has 1 aromatic heterocycles. The zero-order valence-electron chi connectivity index (χ0n) is 18.4. The molecule has 4 rings (SSSR count). The molecule has 1 fully saturated rings. The van der Waals surface area contributed by atoms with Gasteiger partial charge in [-0.05, 0) is 74.3 Å². The standard InChI is InChI=1S/C23H29N3O4S2/c1-15-6-5-13-26(14-15)32(29,30)17-11-9-16(10-12-17)21(27)25-23-20(22(28)24-2)18-7-3-4-8-19(18)31-23/h9-12,15H,3-8,13-14H2,1-2H3,(H,24,28)(H,25,27). The third-order valence-electron chi connectivity index (χ3n) is 6.23. The maximum absolute atomic E-state index is 13.0. The molecule has 172 valence electrons. The number of aryl methyl sites for hydroxylation is 1. The molecule has 2 aromatic rings. The van der Waals surface area contributed by atoms with Gasteiger partial charge in [0.05, 0.1) is 10.5 Å². The highest BCUT2D eigenvalue weighted by Gasteiger charge is 2.29. The SMILES string of the molecule is CNC(=O)c1c(NC(=O)c2ccc(S(=O)(=O)N3CCCC(C)C3)cc2)sc2c1CCCC2. The fraction of sp³-hybridized carbons (Fsp3) is 0.478. The van der Waals surface area contributed by atoms with Gasteiger partial charge < -0.3 is 10.6 Å². The molecule has 1 aliphatic heterocycles. The highest BCUT2D eigenvalue weighted by Crippen LogP contribution is 2.38. The van der Waals surface area contributed by atoms with E-state index in [-0.39, 0.29) is 16.7 Å². The number of nitrogens with one attached hydrogen (secondary N) is 2. The van der Waals surface area contributed by atoms with E-state index in [1.54, 1.807) is 7.05 Å². The van der Waals surface area contributed by atoms with Crippen LogP contribution in [0.15, 0.2) is 29.2 Å².